The highest BCUT2D eigenvalue weighted by Gasteiger charge is 2.17. The van der Waals surface area contributed by atoms with Crippen LogP contribution in [-0.2, 0) is 0 Å². The van der Waals surface area contributed by atoms with Crippen molar-refractivity contribution >= 4 is 28.2 Å². The first-order chi connectivity index (χ1) is 12.8. The number of nitrogens with one attached hydrogen (secondary N) is 1. The molecule has 1 saturated heterocycles. The molecule has 26 heavy (non-hydrogen) atoms. The van der Waals surface area contributed by atoms with Crippen molar-refractivity contribution in [3.63, 3.8) is 0 Å². The highest BCUT2D eigenvalue weighted by molar-refractivity contribution is 6.08. The largest absolute Gasteiger partial charge is 0.371 e. The number of hydrogen-bond acceptors (Lipinski definition) is 3. The molecule has 2 heterocycles. The lowest BCUT2D eigenvalue weighted by molar-refractivity contribution is 0.102. The predicted molar refractivity (Wildman–Crippen MR) is 107 cm³/mol. The highest BCUT2D eigenvalue weighted by Crippen LogP contribution is 2.25. The van der Waals surface area contributed by atoms with Gasteiger partial charge in [0.2, 0.25) is 0 Å². The second kappa shape index (κ2) is 7.56. The van der Waals surface area contributed by atoms with E-state index >= 15 is 0 Å². The minimum absolute atomic E-state index is 0.0815. The van der Waals surface area contributed by atoms with E-state index in [4.69, 9.17) is 0 Å². The third-order valence-electron chi connectivity index (χ3n) is 4.94. The Kier molecular flexibility index (Phi) is 4.82. The standard InChI is InChI=1S/C22H23N3O/c26-22(24-18-15-17-9-3-5-11-20(17)23-16-18)19-10-4-6-12-21(19)25-13-7-1-2-8-14-25/h3-6,9-12,15-16H,1-2,7-8,13-14H2,(H,24,26). The molecule has 0 bridgehead atoms. The summed E-state index contributed by atoms with van der Waals surface area (Å²) in [7, 11) is 0. The van der Waals surface area contributed by atoms with Gasteiger partial charge in [0.25, 0.3) is 5.91 Å². The summed E-state index contributed by atoms with van der Waals surface area (Å²) >= 11 is 0. The minimum atomic E-state index is -0.0815. The molecule has 1 aromatic heterocycles. The Bertz CT molecular complexity index is 914. The third kappa shape index (κ3) is 3.54. The van der Waals surface area contributed by atoms with E-state index < -0.39 is 0 Å². The number of anilines is 2. The van der Waals surface area contributed by atoms with Crippen molar-refractivity contribution in [1.29, 1.82) is 0 Å². The Morgan fingerprint density at radius 1 is 0.923 bits per heavy atom. The van der Waals surface area contributed by atoms with Crippen LogP contribution in [0.5, 0.6) is 0 Å². The molecule has 0 atom stereocenters. The second-order valence-corrected chi connectivity index (χ2v) is 6.79. The quantitative estimate of drug-likeness (QED) is 0.737. The molecule has 1 aliphatic rings. The molecule has 1 amide bonds. The first-order valence-electron chi connectivity index (χ1n) is 9.31. The van der Waals surface area contributed by atoms with Gasteiger partial charge >= 0.3 is 0 Å². The maximum Gasteiger partial charge on any atom is 0.257 e. The van der Waals surface area contributed by atoms with Crippen molar-refractivity contribution in [1.82, 2.24) is 4.98 Å². The number of nitrogens with zero attached hydrogens (tertiary/aromatic N) is 2. The van der Waals surface area contributed by atoms with Crippen molar-refractivity contribution in [3.8, 4) is 0 Å². The second-order valence-electron chi connectivity index (χ2n) is 6.79. The molecule has 0 spiro atoms. The van der Waals surface area contributed by atoms with E-state index in [1.165, 1.54) is 25.7 Å². The van der Waals surface area contributed by atoms with E-state index in [1.54, 1.807) is 6.20 Å². The van der Waals surface area contributed by atoms with Crippen molar-refractivity contribution in [2.45, 2.75) is 25.7 Å². The molecule has 1 fully saturated rings. The van der Waals surface area contributed by atoms with Crippen LogP contribution in [0.25, 0.3) is 10.9 Å². The smallest absolute Gasteiger partial charge is 0.257 e. The average Bonchev–Trinajstić information content (AvgIpc) is 2.97. The number of pyridine rings is 1. The van der Waals surface area contributed by atoms with E-state index in [1.807, 2.05) is 48.5 Å². The summed E-state index contributed by atoms with van der Waals surface area (Å²) in [5.74, 6) is -0.0815. The van der Waals surface area contributed by atoms with Crippen molar-refractivity contribution in [2.75, 3.05) is 23.3 Å². The number of hydrogen-bond donors (Lipinski definition) is 1. The molecular formula is C22H23N3O. The van der Waals surface area contributed by atoms with Gasteiger partial charge in [-0.1, -0.05) is 43.2 Å². The molecule has 132 valence electrons. The minimum Gasteiger partial charge on any atom is -0.371 e. The Morgan fingerprint density at radius 2 is 1.65 bits per heavy atom. The molecule has 0 saturated carbocycles. The Hall–Kier alpha value is -2.88. The zero-order valence-electron chi connectivity index (χ0n) is 14.8. The monoisotopic (exact) mass is 345 g/mol. The lowest BCUT2D eigenvalue weighted by Crippen LogP contribution is -2.27. The summed E-state index contributed by atoms with van der Waals surface area (Å²) in [6, 6.07) is 17.8. The van der Waals surface area contributed by atoms with Crippen molar-refractivity contribution in [2.24, 2.45) is 0 Å². The zero-order valence-corrected chi connectivity index (χ0v) is 14.8. The molecule has 1 aliphatic heterocycles. The Morgan fingerprint density at radius 3 is 2.50 bits per heavy atom. The van der Waals surface area contributed by atoms with Crippen molar-refractivity contribution < 1.29 is 4.79 Å². The number of benzene rings is 2. The fourth-order valence-corrected chi connectivity index (χ4v) is 3.59. The normalized spacial score (nSPS) is 14.8. The Balaban J connectivity index is 1.59. The number of rotatable bonds is 3. The van der Waals surface area contributed by atoms with Gasteiger partial charge in [-0.2, -0.15) is 0 Å². The number of carbonyl (C=O) groups is 1. The summed E-state index contributed by atoms with van der Waals surface area (Å²) in [6.07, 6.45) is 6.63. The molecule has 0 radical (unpaired) electrons. The zero-order chi connectivity index (χ0) is 17.8. The fourth-order valence-electron chi connectivity index (χ4n) is 3.59. The van der Waals surface area contributed by atoms with Crippen LogP contribution in [0.15, 0.2) is 60.8 Å². The molecule has 4 nitrogen and oxygen atoms in total. The van der Waals surface area contributed by atoms with Gasteiger partial charge in [0.05, 0.1) is 23.0 Å². The van der Waals surface area contributed by atoms with Crippen LogP contribution in [0.2, 0.25) is 0 Å². The van der Waals surface area contributed by atoms with E-state index in [0.29, 0.717) is 0 Å². The topological polar surface area (TPSA) is 45.2 Å². The molecule has 4 rings (SSSR count). The first kappa shape index (κ1) is 16.6. The van der Waals surface area contributed by atoms with Gasteiger partial charge < -0.3 is 10.2 Å². The summed E-state index contributed by atoms with van der Waals surface area (Å²) < 4.78 is 0. The summed E-state index contributed by atoms with van der Waals surface area (Å²) in [6.45, 7) is 2.03. The van der Waals surface area contributed by atoms with Crippen molar-refractivity contribution in [3.05, 3.63) is 66.4 Å². The summed E-state index contributed by atoms with van der Waals surface area (Å²) in [5.41, 5.74) is 3.40. The Labute approximate surface area is 153 Å². The highest BCUT2D eigenvalue weighted by atomic mass is 16.1. The predicted octanol–water partition coefficient (Wildman–Crippen LogP) is 4.87. The number of fused-ring (bicyclic) bond motifs is 1. The average molecular weight is 345 g/mol. The number of aromatic nitrogens is 1. The van der Waals surface area contributed by atoms with Crippen LogP contribution in [0.1, 0.15) is 36.0 Å². The maximum absolute atomic E-state index is 12.9. The molecular weight excluding hydrogens is 322 g/mol. The molecule has 3 aromatic rings. The number of para-hydroxylation sites is 2. The lowest BCUT2D eigenvalue weighted by Gasteiger charge is -2.25. The fraction of sp³-hybridized carbons (Fsp3) is 0.273. The third-order valence-corrected chi connectivity index (χ3v) is 4.94. The van der Waals surface area contributed by atoms with E-state index in [9.17, 15) is 4.79 Å². The molecule has 1 N–H and O–H groups in total. The van der Waals surface area contributed by atoms with Crippen LogP contribution in [0.3, 0.4) is 0 Å². The van der Waals surface area contributed by atoms with E-state index in [0.717, 1.165) is 40.9 Å². The molecule has 0 unspecified atom stereocenters. The summed E-state index contributed by atoms with van der Waals surface area (Å²) in [4.78, 5) is 19.7. The van der Waals surface area contributed by atoms with Crippen LogP contribution < -0.4 is 10.2 Å². The van der Waals surface area contributed by atoms with Gasteiger partial charge in [-0.25, -0.2) is 0 Å². The van der Waals surface area contributed by atoms with Crippen LogP contribution in [0.4, 0.5) is 11.4 Å². The molecule has 2 aromatic carbocycles. The number of carbonyl (C=O) groups excluding carboxylic acids is 1. The van der Waals surface area contributed by atoms with Crippen LogP contribution >= 0.6 is 0 Å². The van der Waals surface area contributed by atoms with E-state index in [-0.39, 0.29) is 5.91 Å². The van der Waals surface area contributed by atoms with Gasteiger partial charge in [-0.15, -0.1) is 0 Å². The van der Waals surface area contributed by atoms with Gasteiger partial charge in [-0.3, -0.25) is 9.78 Å². The van der Waals surface area contributed by atoms with Gasteiger partial charge in [0, 0.05) is 24.2 Å². The lowest BCUT2D eigenvalue weighted by atomic mass is 10.1. The van der Waals surface area contributed by atoms with Crippen LogP contribution in [0, 0.1) is 0 Å². The molecule has 0 aliphatic carbocycles. The van der Waals surface area contributed by atoms with E-state index in [2.05, 4.69) is 21.3 Å². The number of amides is 1. The van der Waals surface area contributed by atoms with Crippen LogP contribution in [-0.4, -0.2) is 24.0 Å². The first-order valence-corrected chi connectivity index (χ1v) is 9.31. The van der Waals surface area contributed by atoms with Gasteiger partial charge in [-0.05, 0) is 37.1 Å². The molecule has 4 heteroatoms. The SMILES string of the molecule is O=C(Nc1cnc2ccccc2c1)c1ccccc1N1CCCCCC1. The van der Waals surface area contributed by atoms with Gasteiger partial charge in [0.1, 0.15) is 0 Å². The van der Waals surface area contributed by atoms with Gasteiger partial charge in [0.15, 0.2) is 0 Å². The summed E-state index contributed by atoms with van der Waals surface area (Å²) in [5, 5.41) is 4.04. The maximum atomic E-state index is 12.9.